The highest BCUT2D eigenvalue weighted by atomic mass is 16.3. The van der Waals surface area contributed by atoms with Gasteiger partial charge in [0.1, 0.15) is 17.7 Å². The smallest absolute Gasteiger partial charge is 0.150 e. The standard InChI is InChI=1S/C8H6N2O3/c1-5-2-6(4-11)3-7(9-12)8(5)10-13/h2-4H,1H3. The fraction of sp³-hybridized carbons (Fsp3) is 0.125. The first-order chi connectivity index (χ1) is 6.22. The molecule has 0 bridgehead atoms. The molecule has 0 aromatic heterocycles. The number of benzene rings is 1. The monoisotopic (exact) mass is 178 g/mol. The van der Waals surface area contributed by atoms with E-state index in [0.717, 1.165) is 0 Å². The lowest BCUT2D eigenvalue weighted by Crippen LogP contribution is -1.82. The van der Waals surface area contributed by atoms with Crippen molar-refractivity contribution in [3.63, 3.8) is 0 Å². The lowest BCUT2D eigenvalue weighted by molar-refractivity contribution is 0.112. The lowest BCUT2D eigenvalue weighted by Gasteiger charge is -1.99. The van der Waals surface area contributed by atoms with Crippen LogP contribution in [0.15, 0.2) is 22.5 Å². The van der Waals surface area contributed by atoms with Crippen molar-refractivity contribution in [3.8, 4) is 0 Å². The Balaban J connectivity index is 3.45. The second-order valence-corrected chi connectivity index (χ2v) is 2.51. The molecule has 0 aliphatic carbocycles. The predicted octanol–water partition coefficient (Wildman–Crippen LogP) is 2.60. The number of carbonyl (C=O) groups excluding carboxylic acids is 1. The van der Waals surface area contributed by atoms with E-state index in [9.17, 15) is 14.6 Å². The zero-order valence-corrected chi connectivity index (χ0v) is 6.85. The van der Waals surface area contributed by atoms with Gasteiger partial charge in [-0.05, 0) is 35.0 Å². The number of carbonyl (C=O) groups is 1. The Morgan fingerprint density at radius 3 is 2.38 bits per heavy atom. The van der Waals surface area contributed by atoms with Crippen LogP contribution in [0, 0.1) is 16.7 Å². The summed E-state index contributed by atoms with van der Waals surface area (Å²) in [7, 11) is 0. The van der Waals surface area contributed by atoms with Crippen LogP contribution in [-0.2, 0) is 0 Å². The lowest BCUT2D eigenvalue weighted by atomic mass is 10.1. The largest absolute Gasteiger partial charge is 0.298 e. The molecule has 1 aromatic rings. The van der Waals surface area contributed by atoms with E-state index < -0.39 is 0 Å². The average molecular weight is 178 g/mol. The Bertz CT molecular complexity index is 374. The highest BCUT2D eigenvalue weighted by Gasteiger charge is 2.08. The van der Waals surface area contributed by atoms with E-state index in [1.807, 2.05) is 0 Å². The second-order valence-electron chi connectivity index (χ2n) is 2.51. The van der Waals surface area contributed by atoms with Gasteiger partial charge >= 0.3 is 0 Å². The number of nitrogens with zero attached hydrogens (tertiary/aromatic N) is 2. The fourth-order valence-electron chi connectivity index (χ4n) is 1.04. The zero-order valence-electron chi connectivity index (χ0n) is 6.85. The van der Waals surface area contributed by atoms with Crippen LogP contribution in [0.4, 0.5) is 11.4 Å². The van der Waals surface area contributed by atoms with E-state index in [4.69, 9.17) is 0 Å². The Morgan fingerprint density at radius 1 is 1.23 bits per heavy atom. The predicted molar refractivity (Wildman–Crippen MR) is 47.5 cm³/mol. The van der Waals surface area contributed by atoms with Gasteiger partial charge < -0.3 is 0 Å². The highest BCUT2D eigenvalue weighted by Crippen LogP contribution is 2.31. The second kappa shape index (κ2) is 3.66. The maximum absolute atomic E-state index is 10.4. The molecule has 0 N–H and O–H groups in total. The molecule has 0 fully saturated rings. The van der Waals surface area contributed by atoms with Crippen LogP contribution in [-0.4, -0.2) is 6.29 Å². The van der Waals surface area contributed by atoms with Crippen LogP contribution in [0.3, 0.4) is 0 Å². The highest BCUT2D eigenvalue weighted by molar-refractivity contribution is 5.81. The molecule has 0 unspecified atom stereocenters. The van der Waals surface area contributed by atoms with Crippen LogP contribution in [0.2, 0.25) is 0 Å². The fourth-order valence-corrected chi connectivity index (χ4v) is 1.04. The van der Waals surface area contributed by atoms with Gasteiger partial charge in [0, 0.05) is 5.56 Å². The SMILES string of the molecule is Cc1cc(C=O)cc(N=O)c1N=O. The van der Waals surface area contributed by atoms with E-state index in [0.29, 0.717) is 17.4 Å². The van der Waals surface area contributed by atoms with Gasteiger partial charge in [-0.2, -0.15) is 0 Å². The van der Waals surface area contributed by atoms with Crippen LogP contribution in [0.25, 0.3) is 0 Å². The summed E-state index contributed by atoms with van der Waals surface area (Å²) in [5.41, 5.74) is 0.659. The molecule has 1 rings (SSSR count). The minimum Gasteiger partial charge on any atom is -0.298 e. The quantitative estimate of drug-likeness (QED) is 0.527. The van der Waals surface area contributed by atoms with Gasteiger partial charge in [-0.3, -0.25) is 4.79 Å². The first-order valence-corrected chi connectivity index (χ1v) is 3.49. The summed E-state index contributed by atoms with van der Waals surface area (Å²) in [5.74, 6) is 0. The molecular formula is C8H6N2O3. The third kappa shape index (κ3) is 1.64. The van der Waals surface area contributed by atoms with Gasteiger partial charge in [-0.15, -0.1) is 9.81 Å². The minimum atomic E-state index is -0.0999. The molecule has 13 heavy (non-hydrogen) atoms. The molecule has 0 aliphatic heterocycles. The van der Waals surface area contributed by atoms with Crippen LogP contribution < -0.4 is 0 Å². The Labute approximate surface area is 73.7 Å². The summed E-state index contributed by atoms with van der Waals surface area (Å²) in [5, 5.41) is 5.26. The zero-order chi connectivity index (χ0) is 9.84. The molecule has 5 heteroatoms. The summed E-state index contributed by atoms with van der Waals surface area (Å²) in [6.45, 7) is 1.58. The number of aryl methyl sites for hydroxylation is 1. The van der Waals surface area contributed by atoms with Crippen LogP contribution >= 0.6 is 0 Å². The molecule has 0 radical (unpaired) electrons. The van der Waals surface area contributed by atoms with Crippen molar-refractivity contribution in [2.24, 2.45) is 10.4 Å². The van der Waals surface area contributed by atoms with Gasteiger partial charge in [0.25, 0.3) is 0 Å². The maximum Gasteiger partial charge on any atom is 0.150 e. The van der Waals surface area contributed by atoms with E-state index in [2.05, 4.69) is 10.4 Å². The van der Waals surface area contributed by atoms with Gasteiger partial charge in [0.2, 0.25) is 0 Å². The molecule has 0 spiro atoms. The van der Waals surface area contributed by atoms with Crippen molar-refractivity contribution >= 4 is 17.7 Å². The summed E-state index contributed by atoms with van der Waals surface area (Å²) in [6.07, 6.45) is 0.580. The molecule has 0 atom stereocenters. The summed E-state index contributed by atoms with van der Waals surface area (Å²) >= 11 is 0. The first-order valence-electron chi connectivity index (χ1n) is 3.49. The minimum absolute atomic E-state index is 0.0133. The van der Waals surface area contributed by atoms with E-state index in [1.54, 1.807) is 6.92 Å². The van der Waals surface area contributed by atoms with Crippen molar-refractivity contribution in [2.45, 2.75) is 6.92 Å². The van der Waals surface area contributed by atoms with E-state index >= 15 is 0 Å². The van der Waals surface area contributed by atoms with Crippen molar-refractivity contribution in [1.29, 1.82) is 0 Å². The number of hydrogen-bond acceptors (Lipinski definition) is 5. The number of nitroso groups, excluding NO2 is 2. The number of aldehydes is 1. The Morgan fingerprint density at radius 2 is 1.92 bits per heavy atom. The number of rotatable bonds is 3. The van der Waals surface area contributed by atoms with Crippen LogP contribution in [0.5, 0.6) is 0 Å². The summed E-state index contributed by atoms with van der Waals surface area (Å²) in [6, 6.07) is 2.70. The molecular weight excluding hydrogens is 172 g/mol. The molecule has 1 aromatic carbocycles. The van der Waals surface area contributed by atoms with Crippen molar-refractivity contribution in [3.05, 3.63) is 33.1 Å². The van der Waals surface area contributed by atoms with Crippen molar-refractivity contribution in [1.82, 2.24) is 0 Å². The van der Waals surface area contributed by atoms with Crippen molar-refractivity contribution < 1.29 is 4.79 Å². The first kappa shape index (κ1) is 9.18. The van der Waals surface area contributed by atoms with Crippen LogP contribution in [0.1, 0.15) is 15.9 Å². The van der Waals surface area contributed by atoms with Crippen molar-refractivity contribution in [2.75, 3.05) is 0 Å². The molecule has 0 saturated carbocycles. The summed E-state index contributed by atoms with van der Waals surface area (Å²) in [4.78, 5) is 30.9. The molecule has 66 valence electrons. The Hall–Kier alpha value is -1.91. The summed E-state index contributed by atoms with van der Waals surface area (Å²) < 4.78 is 0. The molecule has 0 aliphatic rings. The third-order valence-electron chi connectivity index (χ3n) is 1.63. The third-order valence-corrected chi connectivity index (χ3v) is 1.63. The van der Waals surface area contributed by atoms with E-state index in [1.165, 1.54) is 12.1 Å². The maximum atomic E-state index is 10.4. The topological polar surface area (TPSA) is 75.9 Å². The molecule has 0 heterocycles. The Kier molecular flexibility index (Phi) is 2.59. The number of hydrogen-bond donors (Lipinski definition) is 0. The van der Waals surface area contributed by atoms with Gasteiger partial charge in [0.15, 0.2) is 0 Å². The molecule has 5 nitrogen and oxygen atoms in total. The average Bonchev–Trinajstić information content (AvgIpc) is 2.16. The normalized spacial score (nSPS) is 9.31. The van der Waals surface area contributed by atoms with Gasteiger partial charge in [-0.25, -0.2) is 0 Å². The van der Waals surface area contributed by atoms with Gasteiger partial charge in [0.05, 0.1) is 0 Å². The van der Waals surface area contributed by atoms with E-state index in [-0.39, 0.29) is 11.4 Å². The molecule has 0 saturated heterocycles. The van der Waals surface area contributed by atoms with Gasteiger partial charge in [-0.1, -0.05) is 0 Å². The molecule has 0 amide bonds.